The molecule has 176 valence electrons. The minimum Gasteiger partial charge on any atom is -0.325 e. The van der Waals surface area contributed by atoms with Gasteiger partial charge in [-0.25, -0.2) is 0 Å². The highest BCUT2D eigenvalue weighted by atomic mass is 32.2. The summed E-state index contributed by atoms with van der Waals surface area (Å²) in [7, 11) is 1.78. The fourth-order valence-electron chi connectivity index (χ4n) is 3.98. The Kier molecular flexibility index (Phi) is 7.34. The lowest BCUT2D eigenvalue weighted by atomic mass is 9.96. The Morgan fingerprint density at radius 3 is 2.74 bits per heavy atom. The van der Waals surface area contributed by atoms with Crippen molar-refractivity contribution < 1.29 is 9.59 Å². The third-order valence-electron chi connectivity index (χ3n) is 5.77. The van der Waals surface area contributed by atoms with Crippen LogP contribution in [-0.2, 0) is 35.9 Å². The minimum absolute atomic E-state index is 0.0792. The van der Waals surface area contributed by atoms with Gasteiger partial charge in [0.1, 0.15) is 16.9 Å². The number of thioether (sulfide) groups is 1. The molecule has 0 atom stereocenters. The molecule has 0 unspecified atom stereocenters. The molecule has 0 saturated heterocycles. The van der Waals surface area contributed by atoms with Crippen LogP contribution in [0.2, 0.25) is 0 Å². The molecular weight excluding hydrogens is 468 g/mol. The number of aryl methyl sites for hydroxylation is 3. The van der Waals surface area contributed by atoms with E-state index in [1.807, 2.05) is 32.0 Å². The lowest BCUT2D eigenvalue weighted by Gasteiger charge is -2.09. The minimum atomic E-state index is -0.197. The molecule has 0 fully saturated rings. The summed E-state index contributed by atoms with van der Waals surface area (Å²) in [6.45, 7) is 3.96. The van der Waals surface area contributed by atoms with Crippen molar-refractivity contribution in [2.45, 2.75) is 51.1 Å². The zero-order chi connectivity index (χ0) is 24.2. The van der Waals surface area contributed by atoms with Crippen LogP contribution in [0.3, 0.4) is 0 Å². The number of aromatic nitrogens is 3. The molecule has 0 radical (unpaired) electrons. The van der Waals surface area contributed by atoms with Crippen LogP contribution in [0.25, 0.3) is 0 Å². The van der Waals surface area contributed by atoms with E-state index in [9.17, 15) is 14.9 Å². The van der Waals surface area contributed by atoms with Crippen LogP contribution in [0.1, 0.15) is 45.8 Å². The summed E-state index contributed by atoms with van der Waals surface area (Å²) in [4.78, 5) is 26.3. The number of thiophene rings is 1. The smallest absolute Gasteiger partial charge is 0.235 e. The normalized spacial score (nSPS) is 12.6. The molecule has 1 aliphatic rings. The summed E-state index contributed by atoms with van der Waals surface area (Å²) < 4.78 is 1.73. The van der Waals surface area contributed by atoms with Crippen molar-refractivity contribution in [2.75, 3.05) is 16.4 Å². The Labute approximate surface area is 206 Å². The molecule has 0 bridgehead atoms. The van der Waals surface area contributed by atoms with Gasteiger partial charge in [-0.15, -0.1) is 21.5 Å². The van der Waals surface area contributed by atoms with Gasteiger partial charge in [-0.05, 0) is 56.7 Å². The molecule has 0 saturated carbocycles. The zero-order valence-corrected chi connectivity index (χ0v) is 21.0. The van der Waals surface area contributed by atoms with E-state index in [-0.39, 0.29) is 24.0 Å². The van der Waals surface area contributed by atoms with Crippen LogP contribution < -0.4 is 10.6 Å². The van der Waals surface area contributed by atoms with Crippen LogP contribution >= 0.6 is 23.1 Å². The van der Waals surface area contributed by atoms with Gasteiger partial charge in [0.15, 0.2) is 5.16 Å². The molecule has 3 aromatic rings. The van der Waals surface area contributed by atoms with E-state index in [0.717, 1.165) is 48.1 Å². The molecule has 2 N–H and O–H groups in total. The van der Waals surface area contributed by atoms with E-state index in [0.29, 0.717) is 21.5 Å². The molecule has 34 heavy (non-hydrogen) atoms. The maximum atomic E-state index is 12.6. The molecule has 1 aliphatic carbocycles. The molecule has 2 aromatic heterocycles. The highest BCUT2D eigenvalue weighted by Gasteiger charge is 2.22. The van der Waals surface area contributed by atoms with Gasteiger partial charge in [0.05, 0.1) is 17.7 Å². The first kappa shape index (κ1) is 24.0. The standard InChI is InChI=1S/C24H26N6O2S2/c1-14-8-9-18(15(2)10-14)26-21(31)11-20-28-29-24(30(20)3)33-13-22(32)27-23-17(12-25)16-6-4-5-7-19(16)34-23/h8-10H,4-7,11,13H2,1-3H3,(H,26,31)(H,27,32). The quantitative estimate of drug-likeness (QED) is 0.477. The van der Waals surface area contributed by atoms with Crippen molar-refractivity contribution >= 4 is 45.6 Å². The lowest BCUT2D eigenvalue weighted by molar-refractivity contribution is -0.116. The maximum absolute atomic E-state index is 12.6. The highest BCUT2D eigenvalue weighted by molar-refractivity contribution is 7.99. The topological polar surface area (TPSA) is 113 Å². The summed E-state index contributed by atoms with van der Waals surface area (Å²) in [6.07, 6.45) is 4.16. The monoisotopic (exact) mass is 494 g/mol. The fourth-order valence-corrected chi connectivity index (χ4v) is 5.97. The summed E-state index contributed by atoms with van der Waals surface area (Å²) >= 11 is 2.76. The van der Waals surface area contributed by atoms with Crippen molar-refractivity contribution in [1.29, 1.82) is 5.26 Å². The number of benzene rings is 1. The molecule has 0 spiro atoms. The van der Waals surface area contributed by atoms with Crippen LogP contribution in [-0.4, -0.2) is 32.3 Å². The number of nitrogens with one attached hydrogen (secondary N) is 2. The summed E-state index contributed by atoms with van der Waals surface area (Å²) in [6, 6.07) is 8.12. The van der Waals surface area contributed by atoms with Crippen molar-refractivity contribution in [3.63, 3.8) is 0 Å². The van der Waals surface area contributed by atoms with Gasteiger partial charge in [-0.1, -0.05) is 29.5 Å². The van der Waals surface area contributed by atoms with Gasteiger partial charge in [0.25, 0.3) is 0 Å². The second kappa shape index (κ2) is 10.4. The Hall–Kier alpha value is -3.16. The van der Waals surface area contributed by atoms with E-state index >= 15 is 0 Å². The van der Waals surface area contributed by atoms with E-state index < -0.39 is 0 Å². The molecule has 4 rings (SSSR count). The van der Waals surface area contributed by atoms with Crippen LogP contribution in [0.15, 0.2) is 23.4 Å². The highest BCUT2D eigenvalue weighted by Crippen LogP contribution is 2.37. The van der Waals surface area contributed by atoms with Gasteiger partial charge in [0.2, 0.25) is 11.8 Å². The number of hydrogen-bond acceptors (Lipinski definition) is 7. The number of amides is 2. The summed E-state index contributed by atoms with van der Waals surface area (Å²) in [5.74, 6) is 0.274. The number of rotatable bonds is 7. The predicted octanol–water partition coefficient (Wildman–Crippen LogP) is 4.16. The molecule has 2 heterocycles. The average molecular weight is 495 g/mol. The van der Waals surface area contributed by atoms with Gasteiger partial charge in [0, 0.05) is 17.6 Å². The van der Waals surface area contributed by atoms with E-state index in [1.54, 1.807) is 11.6 Å². The van der Waals surface area contributed by atoms with Crippen LogP contribution in [0.5, 0.6) is 0 Å². The lowest BCUT2D eigenvalue weighted by Crippen LogP contribution is -2.18. The molecule has 2 amide bonds. The fraction of sp³-hybridized carbons (Fsp3) is 0.375. The van der Waals surface area contributed by atoms with Crippen molar-refractivity contribution in [1.82, 2.24) is 14.8 Å². The Morgan fingerprint density at radius 2 is 1.97 bits per heavy atom. The Morgan fingerprint density at radius 1 is 1.18 bits per heavy atom. The molecule has 8 nitrogen and oxygen atoms in total. The van der Waals surface area contributed by atoms with E-state index in [4.69, 9.17) is 0 Å². The first-order valence-electron chi connectivity index (χ1n) is 11.1. The van der Waals surface area contributed by atoms with Crippen molar-refractivity contribution in [3.05, 3.63) is 51.2 Å². The SMILES string of the molecule is Cc1ccc(NC(=O)Cc2nnc(SCC(=O)Nc3sc4c(c3C#N)CCCC4)n2C)c(C)c1. The van der Waals surface area contributed by atoms with E-state index in [1.165, 1.54) is 28.0 Å². The van der Waals surface area contributed by atoms with Crippen LogP contribution in [0, 0.1) is 25.2 Å². The number of fused-ring (bicyclic) bond motifs is 1. The summed E-state index contributed by atoms with van der Waals surface area (Å²) in [5, 5.41) is 24.8. The first-order chi connectivity index (χ1) is 16.4. The first-order valence-corrected chi connectivity index (χ1v) is 12.9. The number of nitrogens with zero attached hydrogens (tertiary/aromatic N) is 4. The number of carbonyl (C=O) groups excluding carboxylic acids is 2. The van der Waals surface area contributed by atoms with Gasteiger partial charge < -0.3 is 15.2 Å². The number of hydrogen-bond donors (Lipinski definition) is 2. The van der Waals surface area contributed by atoms with Gasteiger partial charge in [-0.3, -0.25) is 9.59 Å². The van der Waals surface area contributed by atoms with Crippen molar-refractivity contribution in [2.24, 2.45) is 7.05 Å². The predicted molar refractivity (Wildman–Crippen MR) is 134 cm³/mol. The second-order valence-corrected chi connectivity index (χ2v) is 10.4. The molecule has 10 heteroatoms. The van der Waals surface area contributed by atoms with Crippen molar-refractivity contribution in [3.8, 4) is 6.07 Å². The Bertz CT molecular complexity index is 1290. The molecule has 1 aromatic carbocycles. The third-order valence-corrected chi connectivity index (χ3v) is 8.00. The Balaban J connectivity index is 1.34. The zero-order valence-electron chi connectivity index (χ0n) is 19.4. The van der Waals surface area contributed by atoms with E-state index in [2.05, 4.69) is 26.9 Å². The number of nitriles is 1. The van der Waals surface area contributed by atoms with Crippen LogP contribution in [0.4, 0.5) is 10.7 Å². The largest absolute Gasteiger partial charge is 0.325 e. The molecule has 0 aliphatic heterocycles. The number of carbonyl (C=O) groups is 2. The summed E-state index contributed by atoms with van der Waals surface area (Å²) in [5.41, 5.74) is 4.61. The third kappa shape index (κ3) is 5.32. The van der Waals surface area contributed by atoms with Gasteiger partial charge >= 0.3 is 0 Å². The second-order valence-electron chi connectivity index (χ2n) is 8.36. The number of anilines is 2. The average Bonchev–Trinajstić information content (AvgIpc) is 3.33. The molecular formula is C24H26N6O2S2. The van der Waals surface area contributed by atoms with Gasteiger partial charge in [-0.2, -0.15) is 5.26 Å². The maximum Gasteiger partial charge on any atom is 0.235 e.